The molecule has 1 aliphatic carbocycles. The van der Waals surface area contributed by atoms with Crippen molar-refractivity contribution in [1.29, 1.82) is 5.26 Å². The highest BCUT2D eigenvalue weighted by Gasteiger charge is 2.43. The first-order valence-electron chi connectivity index (χ1n) is 15.0. The van der Waals surface area contributed by atoms with E-state index in [4.69, 9.17) is 4.74 Å². The molecule has 3 nitrogen and oxygen atoms in total. The molecule has 0 saturated heterocycles. The van der Waals surface area contributed by atoms with Gasteiger partial charge in [0.05, 0.1) is 11.0 Å². The van der Waals surface area contributed by atoms with Gasteiger partial charge in [0.25, 0.3) is 0 Å². The van der Waals surface area contributed by atoms with Gasteiger partial charge in [-0.15, -0.1) is 0 Å². The topological polar surface area (TPSA) is 50.1 Å². The summed E-state index contributed by atoms with van der Waals surface area (Å²) in [6.45, 7) is 4.45. The maximum Gasteiger partial charge on any atom is 0.321 e. The van der Waals surface area contributed by atoms with Crippen LogP contribution >= 0.6 is 0 Å². The predicted molar refractivity (Wildman–Crippen MR) is 153 cm³/mol. The first-order valence-corrected chi connectivity index (χ1v) is 15.0. The third kappa shape index (κ3) is 8.46. The largest absolute Gasteiger partial charge is 0.424 e. The number of carbonyl (C=O) groups is 1. The van der Waals surface area contributed by atoms with Crippen LogP contribution in [0.3, 0.4) is 0 Å². The molecule has 0 N–H and O–H groups in total. The highest BCUT2D eigenvalue weighted by molar-refractivity contribution is 5.85. The van der Waals surface area contributed by atoms with E-state index < -0.39 is 5.41 Å². The minimum Gasteiger partial charge on any atom is -0.424 e. The van der Waals surface area contributed by atoms with E-state index in [9.17, 15) is 10.1 Å². The number of aryl methyl sites for hydroxylation is 2. The SMILES string of the molecule is CCCCCCCCCc1ccc(C2(C(=O)Oc3ccc(CCCCC)cc3C#N)CCCCC2)cc1. The molecule has 200 valence electrons. The molecule has 0 atom stereocenters. The second-order valence-corrected chi connectivity index (χ2v) is 11.0. The van der Waals surface area contributed by atoms with E-state index in [1.807, 2.05) is 18.2 Å². The third-order valence-corrected chi connectivity index (χ3v) is 8.11. The van der Waals surface area contributed by atoms with Gasteiger partial charge in [-0.25, -0.2) is 0 Å². The lowest BCUT2D eigenvalue weighted by atomic mass is 9.69. The molecule has 1 saturated carbocycles. The van der Waals surface area contributed by atoms with Crippen LogP contribution in [0.15, 0.2) is 42.5 Å². The summed E-state index contributed by atoms with van der Waals surface area (Å²) in [6, 6.07) is 16.7. The van der Waals surface area contributed by atoms with E-state index in [0.717, 1.165) is 62.5 Å². The first kappa shape index (κ1) is 29.0. The predicted octanol–water partition coefficient (Wildman–Crippen LogP) is 9.39. The van der Waals surface area contributed by atoms with Crippen molar-refractivity contribution in [2.45, 2.75) is 128 Å². The minimum absolute atomic E-state index is 0.206. The van der Waals surface area contributed by atoms with E-state index >= 15 is 0 Å². The van der Waals surface area contributed by atoms with Crippen LogP contribution < -0.4 is 4.74 Å². The Kier molecular flexibility index (Phi) is 12.2. The molecule has 1 aliphatic rings. The van der Waals surface area contributed by atoms with E-state index in [2.05, 4.69) is 44.2 Å². The van der Waals surface area contributed by atoms with Gasteiger partial charge in [-0.05, 0) is 67.3 Å². The van der Waals surface area contributed by atoms with Crippen molar-refractivity contribution in [1.82, 2.24) is 0 Å². The number of hydrogen-bond acceptors (Lipinski definition) is 3. The number of nitriles is 1. The number of esters is 1. The van der Waals surface area contributed by atoms with Crippen LogP contribution in [0, 0.1) is 11.3 Å². The van der Waals surface area contributed by atoms with Crippen LogP contribution in [0.2, 0.25) is 0 Å². The lowest BCUT2D eigenvalue weighted by Crippen LogP contribution is -2.41. The lowest BCUT2D eigenvalue weighted by molar-refractivity contribution is -0.142. The Morgan fingerprint density at radius 3 is 2.03 bits per heavy atom. The maximum absolute atomic E-state index is 13.7. The summed E-state index contributed by atoms with van der Waals surface area (Å²) in [6.07, 6.45) is 19.5. The van der Waals surface area contributed by atoms with E-state index in [1.54, 1.807) is 0 Å². The summed E-state index contributed by atoms with van der Waals surface area (Å²) in [5.74, 6) is 0.189. The fraction of sp³-hybridized carbons (Fsp3) is 0.588. The molecule has 0 heterocycles. The van der Waals surface area contributed by atoms with Crippen molar-refractivity contribution in [3.8, 4) is 11.8 Å². The van der Waals surface area contributed by atoms with Gasteiger partial charge in [-0.3, -0.25) is 4.79 Å². The summed E-state index contributed by atoms with van der Waals surface area (Å²) in [4.78, 5) is 13.7. The smallest absolute Gasteiger partial charge is 0.321 e. The number of nitrogens with zero attached hydrogens (tertiary/aromatic N) is 1. The minimum atomic E-state index is -0.622. The molecule has 0 spiro atoms. The highest BCUT2D eigenvalue weighted by Crippen LogP contribution is 2.41. The Hall–Kier alpha value is -2.60. The fourth-order valence-corrected chi connectivity index (χ4v) is 5.73. The second-order valence-electron chi connectivity index (χ2n) is 11.0. The third-order valence-electron chi connectivity index (χ3n) is 8.11. The molecule has 0 bridgehead atoms. The van der Waals surface area contributed by atoms with Gasteiger partial charge in [0, 0.05) is 0 Å². The summed E-state index contributed by atoms with van der Waals surface area (Å²) >= 11 is 0. The fourth-order valence-electron chi connectivity index (χ4n) is 5.73. The van der Waals surface area contributed by atoms with Crippen molar-refractivity contribution in [3.63, 3.8) is 0 Å². The number of hydrogen-bond donors (Lipinski definition) is 0. The number of unbranched alkanes of at least 4 members (excludes halogenated alkanes) is 8. The molecule has 0 aromatic heterocycles. The van der Waals surface area contributed by atoms with Gasteiger partial charge in [-0.2, -0.15) is 5.26 Å². The Morgan fingerprint density at radius 1 is 0.784 bits per heavy atom. The summed E-state index contributed by atoms with van der Waals surface area (Å²) in [5.41, 5.74) is 3.38. The molecule has 0 amide bonds. The summed E-state index contributed by atoms with van der Waals surface area (Å²) in [7, 11) is 0. The molecular weight excluding hydrogens is 454 g/mol. The van der Waals surface area contributed by atoms with Crippen molar-refractivity contribution in [2.24, 2.45) is 0 Å². The molecule has 1 fully saturated rings. The monoisotopic (exact) mass is 501 g/mol. The molecule has 3 heteroatoms. The normalized spacial score (nSPS) is 14.7. The number of ether oxygens (including phenoxy) is 1. The Labute approximate surface area is 225 Å². The Balaban J connectivity index is 1.66. The van der Waals surface area contributed by atoms with Crippen LogP contribution in [0.25, 0.3) is 0 Å². The zero-order chi connectivity index (χ0) is 26.3. The van der Waals surface area contributed by atoms with Crippen LogP contribution in [0.1, 0.15) is 132 Å². The van der Waals surface area contributed by atoms with Gasteiger partial charge >= 0.3 is 5.97 Å². The summed E-state index contributed by atoms with van der Waals surface area (Å²) in [5, 5.41) is 9.75. The molecule has 0 unspecified atom stereocenters. The molecule has 2 aromatic rings. The van der Waals surface area contributed by atoms with E-state index in [0.29, 0.717) is 11.3 Å². The molecule has 0 aliphatic heterocycles. The van der Waals surface area contributed by atoms with Crippen molar-refractivity contribution in [3.05, 3.63) is 64.7 Å². The zero-order valence-corrected chi connectivity index (χ0v) is 23.3. The quantitative estimate of drug-likeness (QED) is 0.139. The number of carbonyl (C=O) groups excluding carboxylic acids is 1. The van der Waals surface area contributed by atoms with Gasteiger partial charge in [0.1, 0.15) is 11.8 Å². The first-order chi connectivity index (χ1) is 18.1. The number of rotatable bonds is 15. The molecule has 2 aromatic carbocycles. The Morgan fingerprint density at radius 2 is 1.35 bits per heavy atom. The van der Waals surface area contributed by atoms with Crippen molar-refractivity contribution >= 4 is 5.97 Å². The maximum atomic E-state index is 13.7. The van der Waals surface area contributed by atoms with Crippen LogP contribution in [-0.4, -0.2) is 5.97 Å². The van der Waals surface area contributed by atoms with Gasteiger partial charge in [0.2, 0.25) is 0 Å². The van der Waals surface area contributed by atoms with E-state index in [-0.39, 0.29) is 5.97 Å². The van der Waals surface area contributed by atoms with Crippen molar-refractivity contribution in [2.75, 3.05) is 0 Å². The molecule has 37 heavy (non-hydrogen) atoms. The van der Waals surface area contributed by atoms with Crippen LogP contribution in [-0.2, 0) is 23.1 Å². The highest BCUT2D eigenvalue weighted by atomic mass is 16.5. The Bertz CT molecular complexity index is 995. The number of benzene rings is 2. The molecular formula is C34H47NO2. The van der Waals surface area contributed by atoms with Gasteiger partial charge in [0.15, 0.2) is 0 Å². The van der Waals surface area contributed by atoms with Crippen LogP contribution in [0.4, 0.5) is 0 Å². The van der Waals surface area contributed by atoms with Crippen LogP contribution in [0.5, 0.6) is 5.75 Å². The average molecular weight is 502 g/mol. The summed E-state index contributed by atoms with van der Waals surface area (Å²) < 4.78 is 6.00. The zero-order valence-electron chi connectivity index (χ0n) is 23.3. The molecule has 3 rings (SSSR count). The van der Waals surface area contributed by atoms with Crippen molar-refractivity contribution < 1.29 is 9.53 Å². The molecule has 0 radical (unpaired) electrons. The average Bonchev–Trinajstić information content (AvgIpc) is 2.94. The van der Waals surface area contributed by atoms with Gasteiger partial charge < -0.3 is 4.74 Å². The second kappa shape index (κ2) is 15.6. The standard InChI is InChI=1S/C34H47NO2/c1-3-5-7-8-9-10-13-16-28-18-21-31(22-19-28)34(24-14-11-15-25-34)33(36)37-32-23-20-29(17-12-6-4-2)26-30(32)27-35/h18-23,26H,3-17,24-25H2,1-2H3. The van der Waals surface area contributed by atoms with Gasteiger partial charge in [-0.1, -0.05) is 115 Å². The lowest BCUT2D eigenvalue weighted by Gasteiger charge is -2.35. The van der Waals surface area contributed by atoms with E-state index in [1.165, 1.54) is 63.4 Å².